The van der Waals surface area contributed by atoms with Crippen LogP contribution in [0, 0.1) is 17.3 Å². The van der Waals surface area contributed by atoms with E-state index in [2.05, 4.69) is 15.5 Å². The minimum Gasteiger partial charge on any atom is -0.382 e. The number of hydrogen-bond donors (Lipinski definition) is 4. The fraction of sp³-hybridized carbons (Fsp3) is 0.565. The van der Waals surface area contributed by atoms with Gasteiger partial charge >= 0.3 is 0 Å². The number of carbonyl (C=O) groups excluding carboxylic acids is 2. The fourth-order valence-corrected chi connectivity index (χ4v) is 2.74. The van der Waals surface area contributed by atoms with Gasteiger partial charge in [0.25, 0.3) is 5.91 Å². The van der Waals surface area contributed by atoms with Gasteiger partial charge in [0.1, 0.15) is 6.10 Å². The number of hydroxylamine groups is 1. The second-order valence-corrected chi connectivity index (χ2v) is 8.41. The molecule has 0 saturated heterocycles. The first kappa shape index (κ1) is 29.2. The predicted molar refractivity (Wildman–Crippen MR) is 121 cm³/mol. The van der Waals surface area contributed by atoms with Crippen LogP contribution in [0.25, 0.3) is 0 Å². The summed E-state index contributed by atoms with van der Waals surface area (Å²) in [4.78, 5) is 28.2. The van der Waals surface area contributed by atoms with E-state index in [-0.39, 0.29) is 12.3 Å². The molecule has 180 valence electrons. The van der Waals surface area contributed by atoms with Crippen LogP contribution in [0.1, 0.15) is 66.8 Å². The van der Waals surface area contributed by atoms with Crippen molar-refractivity contribution in [3.8, 4) is 0 Å². The topological polar surface area (TPSA) is 138 Å². The number of hydrogen-bond acceptors (Lipinski definition) is 7. The van der Waals surface area contributed by atoms with Crippen molar-refractivity contribution in [2.45, 2.75) is 67.0 Å². The molecule has 0 saturated carbocycles. The number of carbonyl (C=O) groups is 2. The lowest BCUT2D eigenvalue weighted by atomic mass is 9.84. The zero-order chi connectivity index (χ0) is 24.7. The summed E-state index contributed by atoms with van der Waals surface area (Å²) in [5, 5.41) is 25.3. The molecule has 0 fully saturated rings. The van der Waals surface area contributed by atoms with Crippen LogP contribution >= 0.6 is 0 Å². The molecule has 0 aliphatic heterocycles. The highest BCUT2D eigenvalue weighted by molar-refractivity contribution is 5.88. The highest BCUT2D eigenvalue weighted by Crippen LogP contribution is 2.31. The van der Waals surface area contributed by atoms with Crippen molar-refractivity contribution < 1.29 is 24.4 Å². The van der Waals surface area contributed by atoms with Crippen molar-refractivity contribution in [3.63, 3.8) is 0 Å². The van der Waals surface area contributed by atoms with E-state index in [1.165, 1.54) is 11.9 Å². The number of nitrogens with one attached hydrogen (secondary N) is 2. The predicted octanol–water partition coefficient (Wildman–Crippen LogP) is 3.51. The average molecular weight is 451 g/mol. The number of rotatable bonds is 7. The molecule has 4 N–H and O–H groups in total. The summed E-state index contributed by atoms with van der Waals surface area (Å²) in [6.45, 7) is 13.4. The largest absolute Gasteiger partial charge is 0.382 e. The van der Waals surface area contributed by atoms with E-state index in [0.717, 1.165) is 0 Å². The average Bonchev–Trinajstić information content (AvgIpc) is 3.31. The summed E-state index contributed by atoms with van der Waals surface area (Å²) in [6, 6.07) is 11.4. The molecule has 2 unspecified atom stereocenters. The maximum absolute atomic E-state index is 12.7. The van der Waals surface area contributed by atoms with Gasteiger partial charge < -0.3 is 14.9 Å². The van der Waals surface area contributed by atoms with E-state index in [9.17, 15) is 14.7 Å². The van der Waals surface area contributed by atoms with Crippen LogP contribution in [-0.2, 0) is 9.59 Å². The van der Waals surface area contributed by atoms with Crippen LogP contribution in [0.3, 0.4) is 0 Å². The van der Waals surface area contributed by atoms with E-state index in [1.807, 2.05) is 84.9 Å². The molecule has 0 bridgehead atoms. The van der Waals surface area contributed by atoms with Crippen molar-refractivity contribution in [2.75, 3.05) is 0 Å². The lowest BCUT2D eigenvalue weighted by molar-refractivity contribution is -0.147. The molecule has 2 rings (SSSR count). The van der Waals surface area contributed by atoms with Gasteiger partial charge in [-0.2, -0.15) is 4.98 Å². The van der Waals surface area contributed by atoms with Gasteiger partial charge in [-0.3, -0.25) is 14.8 Å². The zero-order valence-corrected chi connectivity index (χ0v) is 20.1. The second-order valence-electron chi connectivity index (χ2n) is 8.41. The second kappa shape index (κ2) is 15.1. The van der Waals surface area contributed by atoms with E-state index in [1.54, 1.807) is 0 Å². The van der Waals surface area contributed by atoms with Crippen LogP contribution in [0.15, 0.2) is 47.3 Å². The quantitative estimate of drug-likeness (QED) is 0.374. The SMILES string of the molecule is CC.CC(C)CC(C(=O)N[C@H](c1ncon1)C(C)(C)C)C(O)C(=O)NO.c1ccccc1. The molecule has 32 heavy (non-hydrogen) atoms. The molecule has 1 heterocycles. The maximum Gasteiger partial charge on any atom is 0.272 e. The number of aromatic nitrogens is 2. The standard InChI is InChI=1S/C15H26N4O5.C6H6.C2H6/c1-8(2)6-9(10(20)14(22)18-23)13(21)17-11(15(3,4)5)12-16-7-24-19-12;1-2-4-6-5-3-1;1-2/h7-11,20,23H,6H2,1-5H3,(H,17,21)(H,18,22);1-6H;1-2H3/t9?,10?,11-;;/m1../s1. The summed E-state index contributed by atoms with van der Waals surface area (Å²) in [7, 11) is 0. The zero-order valence-electron chi connectivity index (χ0n) is 20.1. The summed E-state index contributed by atoms with van der Waals surface area (Å²) < 4.78 is 4.74. The first-order valence-electron chi connectivity index (χ1n) is 10.8. The number of nitrogens with zero attached hydrogens (tertiary/aromatic N) is 2. The Kier molecular flexibility index (Phi) is 13.8. The Bertz CT molecular complexity index is 719. The Morgan fingerprint density at radius 3 is 1.88 bits per heavy atom. The van der Waals surface area contributed by atoms with Crippen LogP contribution in [0.2, 0.25) is 0 Å². The molecule has 0 spiro atoms. The van der Waals surface area contributed by atoms with E-state index in [0.29, 0.717) is 5.82 Å². The van der Waals surface area contributed by atoms with Crippen molar-refractivity contribution in [1.29, 1.82) is 0 Å². The van der Waals surface area contributed by atoms with E-state index < -0.39 is 35.3 Å². The van der Waals surface area contributed by atoms with Gasteiger partial charge in [-0.25, -0.2) is 5.48 Å². The number of aliphatic hydroxyl groups excluding tert-OH is 1. The lowest BCUT2D eigenvalue weighted by Crippen LogP contribution is -2.48. The Morgan fingerprint density at radius 1 is 1.03 bits per heavy atom. The smallest absolute Gasteiger partial charge is 0.272 e. The molecule has 2 aromatic rings. The van der Waals surface area contributed by atoms with Gasteiger partial charge in [-0.15, -0.1) is 0 Å². The first-order valence-corrected chi connectivity index (χ1v) is 10.8. The highest BCUT2D eigenvalue weighted by Gasteiger charge is 2.37. The lowest BCUT2D eigenvalue weighted by Gasteiger charge is -2.31. The van der Waals surface area contributed by atoms with Gasteiger partial charge in [-0.05, 0) is 17.8 Å². The molecule has 9 nitrogen and oxygen atoms in total. The van der Waals surface area contributed by atoms with Crippen molar-refractivity contribution in [2.24, 2.45) is 17.3 Å². The maximum atomic E-state index is 12.7. The van der Waals surface area contributed by atoms with Crippen LogP contribution < -0.4 is 10.8 Å². The van der Waals surface area contributed by atoms with Gasteiger partial charge in [0.05, 0.1) is 12.0 Å². The molecule has 0 aliphatic rings. The Hall–Kier alpha value is -2.78. The monoisotopic (exact) mass is 450 g/mol. The van der Waals surface area contributed by atoms with Gasteiger partial charge in [0.15, 0.2) is 5.82 Å². The third-order valence-corrected chi connectivity index (χ3v) is 4.28. The van der Waals surface area contributed by atoms with E-state index in [4.69, 9.17) is 9.73 Å². The number of amides is 2. The first-order chi connectivity index (χ1) is 15.1. The normalized spacial score (nSPS) is 13.4. The van der Waals surface area contributed by atoms with Gasteiger partial charge in [-0.1, -0.05) is 90.0 Å². The molecule has 3 atom stereocenters. The third kappa shape index (κ3) is 10.5. The molecular formula is C23H38N4O5. The number of benzene rings is 1. The van der Waals surface area contributed by atoms with Crippen LogP contribution in [0.5, 0.6) is 0 Å². The Balaban J connectivity index is 0.00000101. The summed E-state index contributed by atoms with van der Waals surface area (Å²) in [5.41, 5.74) is 0.951. The number of aliphatic hydroxyl groups is 1. The molecule has 1 aromatic heterocycles. The summed E-state index contributed by atoms with van der Waals surface area (Å²) in [5.74, 6) is -2.21. The molecule has 0 aliphatic carbocycles. The Morgan fingerprint density at radius 2 is 1.53 bits per heavy atom. The Labute approximate surface area is 190 Å². The van der Waals surface area contributed by atoms with Crippen molar-refractivity contribution >= 4 is 11.8 Å². The molecule has 2 amide bonds. The van der Waals surface area contributed by atoms with E-state index >= 15 is 0 Å². The minimum absolute atomic E-state index is 0.0557. The summed E-state index contributed by atoms with van der Waals surface area (Å²) >= 11 is 0. The van der Waals surface area contributed by atoms with Crippen LogP contribution in [0.4, 0.5) is 0 Å². The van der Waals surface area contributed by atoms with Crippen LogP contribution in [-0.4, -0.2) is 38.4 Å². The molecular weight excluding hydrogens is 412 g/mol. The van der Waals surface area contributed by atoms with Gasteiger partial charge in [0, 0.05) is 0 Å². The molecule has 0 radical (unpaired) electrons. The van der Waals surface area contributed by atoms with Crippen molar-refractivity contribution in [1.82, 2.24) is 20.9 Å². The summed E-state index contributed by atoms with van der Waals surface area (Å²) in [6.07, 6.45) is -0.230. The van der Waals surface area contributed by atoms with Crippen molar-refractivity contribution in [3.05, 3.63) is 48.6 Å². The third-order valence-electron chi connectivity index (χ3n) is 4.28. The van der Waals surface area contributed by atoms with Gasteiger partial charge in [0.2, 0.25) is 12.3 Å². The highest BCUT2D eigenvalue weighted by atomic mass is 16.5. The fourth-order valence-electron chi connectivity index (χ4n) is 2.74. The molecule has 9 heteroatoms. The minimum atomic E-state index is -1.66. The molecule has 1 aromatic carbocycles.